The van der Waals surface area contributed by atoms with Gasteiger partial charge in [-0.15, -0.1) is 11.3 Å². The first-order valence-electron chi connectivity index (χ1n) is 7.56. The van der Waals surface area contributed by atoms with E-state index in [2.05, 4.69) is 10.3 Å². The molecule has 1 aromatic carbocycles. The van der Waals surface area contributed by atoms with Gasteiger partial charge in [0.2, 0.25) is 5.91 Å². The van der Waals surface area contributed by atoms with Crippen LogP contribution in [-0.2, 0) is 9.53 Å². The zero-order valence-electron chi connectivity index (χ0n) is 13.3. The van der Waals surface area contributed by atoms with Gasteiger partial charge in [0.15, 0.2) is 5.13 Å². The Morgan fingerprint density at radius 3 is 3.00 bits per heavy atom. The van der Waals surface area contributed by atoms with E-state index in [9.17, 15) is 14.0 Å². The number of halogens is 2. The maximum Gasteiger partial charge on any atom is 0.410 e. The van der Waals surface area contributed by atoms with Crippen molar-refractivity contribution in [2.24, 2.45) is 0 Å². The molecule has 25 heavy (non-hydrogen) atoms. The fourth-order valence-electron chi connectivity index (χ4n) is 2.68. The number of aromatic nitrogens is 1. The highest BCUT2D eigenvalue weighted by atomic mass is 35.5. The van der Waals surface area contributed by atoms with Crippen molar-refractivity contribution in [1.82, 2.24) is 9.88 Å². The van der Waals surface area contributed by atoms with Crippen LogP contribution >= 0.6 is 22.9 Å². The average Bonchev–Trinajstić information content (AvgIpc) is 3.26. The molecule has 1 aliphatic heterocycles. The number of hydrogen-bond acceptors (Lipinski definition) is 5. The molecule has 0 bridgehead atoms. The van der Waals surface area contributed by atoms with E-state index >= 15 is 0 Å². The Morgan fingerprint density at radius 1 is 1.48 bits per heavy atom. The minimum Gasteiger partial charge on any atom is -0.453 e. The molecule has 0 saturated carbocycles. The standard InChI is InChI=1S/C16H15ClFN3O3S/c1-24-16(23)21-6-2-3-13(21)14(22)20-15-19-12(8-25-15)9-4-5-11(18)10(17)7-9/h4-5,7-8,13H,2-3,6H2,1H3,(H,19,20,22). The number of amides is 2. The first-order valence-corrected chi connectivity index (χ1v) is 8.81. The fraction of sp³-hybridized carbons (Fsp3) is 0.312. The summed E-state index contributed by atoms with van der Waals surface area (Å²) in [5, 5.41) is 4.87. The Labute approximate surface area is 152 Å². The highest BCUT2D eigenvalue weighted by Gasteiger charge is 2.35. The Balaban J connectivity index is 1.71. The van der Waals surface area contributed by atoms with E-state index in [1.807, 2.05) is 0 Å². The predicted octanol–water partition coefficient (Wildman–Crippen LogP) is 3.77. The largest absolute Gasteiger partial charge is 0.453 e. The molecule has 1 aromatic heterocycles. The van der Waals surface area contributed by atoms with Crippen LogP contribution in [0.1, 0.15) is 12.8 Å². The number of rotatable bonds is 3. The van der Waals surface area contributed by atoms with Gasteiger partial charge >= 0.3 is 6.09 Å². The molecular formula is C16H15ClFN3O3S. The molecule has 0 aliphatic carbocycles. The van der Waals surface area contributed by atoms with Crippen molar-refractivity contribution in [2.75, 3.05) is 19.0 Å². The van der Waals surface area contributed by atoms with Gasteiger partial charge in [0.1, 0.15) is 11.9 Å². The predicted molar refractivity (Wildman–Crippen MR) is 93.3 cm³/mol. The summed E-state index contributed by atoms with van der Waals surface area (Å²) in [6.07, 6.45) is 0.801. The van der Waals surface area contributed by atoms with E-state index in [0.717, 1.165) is 6.42 Å². The Hall–Kier alpha value is -2.19. The monoisotopic (exact) mass is 383 g/mol. The quantitative estimate of drug-likeness (QED) is 0.875. The van der Waals surface area contributed by atoms with Crippen LogP contribution in [0.25, 0.3) is 11.3 Å². The van der Waals surface area contributed by atoms with Crippen molar-refractivity contribution in [2.45, 2.75) is 18.9 Å². The van der Waals surface area contributed by atoms with Crippen molar-refractivity contribution in [3.63, 3.8) is 0 Å². The topological polar surface area (TPSA) is 71.5 Å². The zero-order chi connectivity index (χ0) is 18.0. The van der Waals surface area contributed by atoms with Crippen molar-refractivity contribution >= 4 is 40.1 Å². The number of likely N-dealkylation sites (tertiary alicyclic amines) is 1. The lowest BCUT2D eigenvalue weighted by Gasteiger charge is -2.21. The fourth-order valence-corrected chi connectivity index (χ4v) is 3.59. The molecule has 2 heterocycles. The SMILES string of the molecule is COC(=O)N1CCCC1C(=O)Nc1nc(-c2ccc(F)c(Cl)c2)cs1. The van der Waals surface area contributed by atoms with Crippen molar-refractivity contribution in [3.8, 4) is 11.3 Å². The Morgan fingerprint density at radius 2 is 2.28 bits per heavy atom. The molecule has 132 valence electrons. The van der Waals surface area contributed by atoms with Crippen molar-refractivity contribution in [3.05, 3.63) is 34.4 Å². The number of methoxy groups -OCH3 is 1. The van der Waals surface area contributed by atoms with Crippen LogP contribution in [0.5, 0.6) is 0 Å². The smallest absolute Gasteiger partial charge is 0.410 e. The van der Waals surface area contributed by atoms with Gasteiger partial charge in [0, 0.05) is 17.5 Å². The van der Waals surface area contributed by atoms with Crippen molar-refractivity contribution in [1.29, 1.82) is 0 Å². The number of carbonyl (C=O) groups is 2. The molecule has 1 saturated heterocycles. The van der Waals surface area contributed by atoms with Gasteiger partial charge < -0.3 is 10.1 Å². The van der Waals surface area contributed by atoms with E-state index in [1.54, 1.807) is 11.4 Å². The second-order valence-electron chi connectivity index (χ2n) is 5.48. The third-order valence-electron chi connectivity index (χ3n) is 3.91. The van der Waals surface area contributed by atoms with Gasteiger partial charge in [0.25, 0.3) is 0 Å². The highest BCUT2D eigenvalue weighted by Crippen LogP contribution is 2.28. The molecule has 1 fully saturated rings. The Kier molecular flexibility index (Phi) is 5.19. The molecule has 1 aliphatic rings. The zero-order valence-corrected chi connectivity index (χ0v) is 14.9. The summed E-state index contributed by atoms with van der Waals surface area (Å²) in [7, 11) is 1.29. The van der Waals surface area contributed by atoms with E-state index < -0.39 is 18.0 Å². The number of ether oxygens (including phenoxy) is 1. The van der Waals surface area contributed by atoms with Crippen LogP contribution in [0.3, 0.4) is 0 Å². The lowest BCUT2D eigenvalue weighted by atomic mass is 10.2. The van der Waals surface area contributed by atoms with E-state index in [1.165, 1.54) is 35.5 Å². The van der Waals surface area contributed by atoms with Gasteiger partial charge in [-0.05, 0) is 31.0 Å². The first-order chi connectivity index (χ1) is 12.0. The lowest BCUT2D eigenvalue weighted by Crippen LogP contribution is -2.43. The molecule has 9 heteroatoms. The molecule has 2 aromatic rings. The molecule has 0 radical (unpaired) electrons. The summed E-state index contributed by atoms with van der Waals surface area (Å²) in [5.41, 5.74) is 1.23. The van der Waals surface area contributed by atoms with Gasteiger partial charge in [0.05, 0.1) is 17.8 Å². The van der Waals surface area contributed by atoms with Crippen LogP contribution in [0.15, 0.2) is 23.6 Å². The van der Waals surface area contributed by atoms with Crippen LogP contribution in [0, 0.1) is 5.82 Å². The Bertz CT molecular complexity index is 814. The first kappa shape index (κ1) is 17.6. The lowest BCUT2D eigenvalue weighted by molar-refractivity contribution is -0.119. The summed E-state index contributed by atoms with van der Waals surface area (Å²) in [5.74, 6) is -0.806. The summed E-state index contributed by atoms with van der Waals surface area (Å²) in [4.78, 5) is 29.9. The average molecular weight is 384 g/mol. The second kappa shape index (κ2) is 7.37. The van der Waals surface area contributed by atoms with E-state index in [0.29, 0.717) is 29.4 Å². The normalized spacial score (nSPS) is 16.8. The van der Waals surface area contributed by atoms with Crippen molar-refractivity contribution < 1.29 is 18.7 Å². The molecule has 0 spiro atoms. The number of hydrogen-bond donors (Lipinski definition) is 1. The van der Waals surface area contributed by atoms with Crippen LogP contribution in [0.4, 0.5) is 14.3 Å². The van der Waals surface area contributed by atoms with Crippen LogP contribution in [0.2, 0.25) is 5.02 Å². The van der Waals surface area contributed by atoms with Gasteiger partial charge in [-0.25, -0.2) is 14.2 Å². The molecule has 2 amide bonds. The highest BCUT2D eigenvalue weighted by molar-refractivity contribution is 7.14. The number of nitrogens with one attached hydrogen (secondary N) is 1. The third kappa shape index (κ3) is 3.74. The second-order valence-corrected chi connectivity index (χ2v) is 6.74. The molecule has 3 rings (SSSR count). The van der Waals surface area contributed by atoms with Gasteiger partial charge in [-0.1, -0.05) is 11.6 Å². The van der Waals surface area contributed by atoms with Gasteiger partial charge in [-0.2, -0.15) is 0 Å². The molecule has 6 nitrogen and oxygen atoms in total. The molecule has 1 atom stereocenters. The number of nitrogens with zero attached hydrogens (tertiary/aromatic N) is 2. The summed E-state index contributed by atoms with van der Waals surface area (Å²) >= 11 is 7.02. The van der Waals surface area contributed by atoms with E-state index in [4.69, 9.17) is 16.3 Å². The summed E-state index contributed by atoms with van der Waals surface area (Å²) in [6.45, 7) is 0.488. The molecule has 1 unspecified atom stereocenters. The summed E-state index contributed by atoms with van der Waals surface area (Å²) in [6, 6.07) is 3.74. The van der Waals surface area contributed by atoms with Crippen LogP contribution in [-0.4, -0.2) is 41.6 Å². The van der Waals surface area contributed by atoms with E-state index in [-0.39, 0.29) is 10.9 Å². The van der Waals surface area contributed by atoms with Gasteiger partial charge in [-0.3, -0.25) is 9.69 Å². The number of carbonyl (C=O) groups excluding carboxylic acids is 2. The minimum absolute atomic E-state index is 0.00996. The molecule has 1 N–H and O–H groups in total. The number of benzene rings is 1. The van der Waals surface area contributed by atoms with Crippen LogP contribution < -0.4 is 5.32 Å². The third-order valence-corrected chi connectivity index (χ3v) is 4.96. The minimum atomic E-state index is -0.569. The maximum absolute atomic E-state index is 13.2. The number of anilines is 1. The maximum atomic E-state index is 13.2. The molecular weight excluding hydrogens is 369 g/mol. The number of thiazole rings is 1. The summed E-state index contributed by atoms with van der Waals surface area (Å²) < 4.78 is 17.9.